The van der Waals surface area contributed by atoms with Crippen LogP contribution in [0.3, 0.4) is 0 Å². The third-order valence-corrected chi connectivity index (χ3v) is 4.88. The van der Waals surface area contributed by atoms with Crippen LogP contribution in [0.15, 0.2) is 41.8 Å². The van der Waals surface area contributed by atoms with E-state index in [0.717, 1.165) is 19.6 Å². The molecule has 2 heterocycles. The molecule has 19 heavy (non-hydrogen) atoms. The highest BCUT2D eigenvalue weighted by atomic mass is 32.1. The summed E-state index contributed by atoms with van der Waals surface area (Å²) in [6.45, 7) is 4.68. The Balaban J connectivity index is 1.64. The Morgan fingerprint density at radius 2 is 2.11 bits per heavy atom. The van der Waals surface area contributed by atoms with E-state index in [2.05, 4.69) is 48.0 Å². The molecule has 2 nitrogen and oxygen atoms in total. The second kappa shape index (κ2) is 5.45. The van der Waals surface area contributed by atoms with E-state index in [1.807, 2.05) is 17.4 Å². The molecule has 0 radical (unpaired) electrons. The van der Waals surface area contributed by atoms with Crippen molar-refractivity contribution in [2.75, 3.05) is 13.2 Å². The lowest BCUT2D eigenvalue weighted by Crippen LogP contribution is -2.47. The molecular formula is C16H19NOS. The fourth-order valence-electron chi connectivity index (χ4n) is 2.63. The van der Waals surface area contributed by atoms with Gasteiger partial charge in [-0.2, -0.15) is 0 Å². The number of thiophene rings is 1. The van der Waals surface area contributed by atoms with Crippen LogP contribution < -0.4 is 5.32 Å². The van der Waals surface area contributed by atoms with Crippen LogP contribution >= 0.6 is 11.3 Å². The Labute approximate surface area is 118 Å². The highest BCUT2D eigenvalue weighted by molar-refractivity contribution is 7.10. The average Bonchev–Trinajstić information content (AvgIpc) is 2.90. The number of rotatable bonds is 4. The normalized spacial score (nSPS) is 22.2. The summed E-state index contributed by atoms with van der Waals surface area (Å²) in [5.41, 5.74) is 2.68. The fourth-order valence-corrected chi connectivity index (χ4v) is 3.72. The van der Waals surface area contributed by atoms with Crippen molar-refractivity contribution in [2.24, 2.45) is 0 Å². The van der Waals surface area contributed by atoms with Gasteiger partial charge in [-0.15, -0.1) is 11.3 Å². The van der Waals surface area contributed by atoms with Crippen molar-refractivity contribution >= 4 is 11.3 Å². The molecule has 0 bridgehead atoms. The highest BCUT2D eigenvalue weighted by Crippen LogP contribution is 2.33. The topological polar surface area (TPSA) is 21.3 Å². The first-order valence-corrected chi connectivity index (χ1v) is 7.59. The van der Waals surface area contributed by atoms with Crippen LogP contribution in [-0.2, 0) is 23.3 Å². The van der Waals surface area contributed by atoms with Crippen molar-refractivity contribution in [1.82, 2.24) is 5.32 Å². The van der Waals surface area contributed by atoms with Gasteiger partial charge in [0.25, 0.3) is 0 Å². The van der Waals surface area contributed by atoms with Gasteiger partial charge in [0, 0.05) is 11.4 Å². The monoisotopic (exact) mass is 273 g/mol. The molecule has 1 N–H and O–H groups in total. The van der Waals surface area contributed by atoms with Gasteiger partial charge < -0.3 is 10.1 Å². The Morgan fingerprint density at radius 1 is 1.26 bits per heavy atom. The molecule has 3 heteroatoms. The Bertz CT molecular complexity index is 537. The van der Waals surface area contributed by atoms with Gasteiger partial charge in [-0.25, -0.2) is 0 Å². The molecule has 0 saturated carbocycles. The summed E-state index contributed by atoms with van der Waals surface area (Å²) >= 11 is 1.84. The van der Waals surface area contributed by atoms with Gasteiger partial charge in [-0.3, -0.25) is 0 Å². The first kappa shape index (κ1) is 12.9. The standard InChI is InChI=1S/C16H19NOS/c1-16(12-18-11-13-5-3-2-4-6-13)15-14(7-9-17-16)8-10-19-15/h2-6,8,10,17H,7,9,11-12H2,1H3. The predicted molar refractivity (Wildman–Crippen MR) is 79.5 cm³/mol. The van der Waals surface area contributed by atoms with E-state index in [-0.39, 0.29) is 5.54 Å². The summed E-state index contributed by atoms with van der Waals surface area (Å²) in [6, 6.07) is 12.6. The van der Waals surface area contributed by atoms with Crippen molar-refractivity contribution in [1.29, 1.82) is 0 Å². The van der Waals surface area contributed by atoms with Crippen LogP contribution in [0, 0.1) is 0 Å². The molecule has 1 aliphatic heterocycles. The number of nitrogens with one attached hydrogen (secondary N) is 1. The lowest BCUT2D eigenvalue weighted by Gasteiger charge is -2.34. The predicted octanol–water partition coefficient (Wildman–Crippen LogP) is 3.33. The van der Waals surface area contributed by atoms with Gasteiger partial charge in [0.05, 0.1) is 18.8 Å². The minimum Gasteiger partial charge on any atom is -0.374 e. The highest BCUT2D eigenvalue weighted by Gasteiger charge is 2.33. The molecule has 1 unspecified atom stereocenters. The molecule has 1 atom stereocenters. The minimum atomic E-state index is -0.0312. The van der Waals surface area contributed by atoms with Crippen LogP contribution in [0.4, 0.5) is 0 Å². The maximum Gasteiger partial charge on any atom is 0.0739 e. The smallest absolute Gasteiger partial charge is 0.0739 e. The van der Waals surface area contributed by atoms with Crippen molar-refractivity contribution in [2.45, 2.75) is 25.5 Å². The summed E-state index contributed by atoms with van der Waals surface area (Å²) in [5.74, 6) is 0. The number of hydrogen-bond acceptors (Lipinski definition) is 3. The third-order valence-electron chi connectivity index (χ3n) is 3.66. The number of fused-ring (bicyclic) bond motifs is 1. The molecule has 0 amide bonds. The maximum atomic E-state index is 5.93. The fraction of sp³-hybridized carbons (Fsp3) is 0.375. The molecular weight excluding hydrogens is 254 g/mol. The summed E-state index contributed by atoms with van der Waals surface area (Å²) in [7, 11) is 0. The zero-order valence-electron chi connectivity index (χ0n) is 11.2. The van der Waals surface area contributed by atoms with Gasteiger partial charge in [-0.1, -0.05) is 30.3 Å². The molecule has 1 aromatic carbocycles. The quantitative estimate of drug-likeness (QED) is 0.922. The van der Waals surface area contributed by atoms with Gasteiger partial charge in [0.15, 0.2) is 0 Å². The van der Waals surface area contributed by atoms with E-state index in [4.69, 9.17) is 4.74 Å². The van der Waals surface area contributed by atoms with Crippen LogP contribution in [0.5, 0.6) is 0 Å². The number of benzene rings is 1. The van der Waals surface area contributed by atoms with Crippen molar-refractivity contribution < 1.29 is 4.74 Å². The van der Waals surface area contributed by atoms with E-state index >= 15 is 0 Å². The molecule has 3 rings (SSSR count). The molecule has 1 aliphatic rings. The zero-order chi connectivity index (χ0) is 13.1. The van der Waals surface area contributed by atoms with E-state index < -0.39 is 0 Å². The third kappa shape index (κ3) is 2.73. The Kier molecular flexibility index (Phi) is 3.69. The summed E-state index contributed by atoms with van der Waals surface area (Å²) in [4.78, 5) is 1.44. The molecule has 100 valence electrons. The van der Waals surface area contributed by atoms with E-state index in [9.17, 15) is 0 Å². The molecule has 2 aromatic rings. The number of ether oxygens (including phenoxy) is 1. The van der Waals surface area contributed by atoms with Gasteiger partial charge in [0.1, 0.15) is 0 Å². The molecule has 1 aromatic heterocycles. The molecule has 0 aliphatic carbocycles. The van der Waals surface area contributed by atoms with E-state index in [1.54, 1.807) is 0 Å². The van der Waals surface area contributed by atoms with Gasteiger partial charge in [0.2, 0.25) is 0 Å². The first-order valence-electron chi connectivity index (χ1n) is 6.71. The Hall–Kier alpha value is -1.16. The Morgan fingerprint density at radius 3 is 2.95 bits per heavy atom. The molecule has 0 spiro atoms. The van der Waals surface area contributed by atoms with Crippen molar-refractivity contribution in [3.05, 3.63) is 57.8 Å². The van der Waals surface area contributed by atoms with Crippen LogP contribution in [0.2, 0.25) is 0 Å². The summed E-state index contributed by atoms with van der Waals surface area (Å²) in [6.07, 6.45) is 1.13. The minimum absolute atomic E-state index is 0.0312. The zero-order valence-corrected chi connectivity index (χ0v) is 12.0. The summed E-state index contributed by atoms with van der Waals surface area (Å²) < 4.78 is 5.93. The SMILES string of the molecule is CC1(COCc2ccccc2)NCCc2ccsc21. The van der Waals surface area contributed by atoms with Gasteiger partial charge in [-0.05, 0) is 35.9 Å². The van der Waals surface area contributed by atoms with Crippen molar-refractivity contribution in [3.8, 4) is 0 Å². The van der Waals surface area contributed by atoms with E-state index in [1.165, 1.54) is 16.0 Å². The molecule has 0 saturated heterocycles. The van der Waals surface area contributed by atoms with Crippen LogP contribution in [0.25, 0.3) is 0 Å². The number of hydrogen-bond donors (Lipinski definition) is 1. The summed E-state index contributed by atoms with van der Waals surface area (Å²) in [5, 5.41) is 5.80. The molecule has 0 fully saturated rings. The largest absolute Gasteiger partial charge is 0.374 e. The average molecular weight is 273 g/mol. The van der Waals surface area contributed by atoms with Gasteiger partial charge >= 0.3 is 0 Å². The lowest BCUT2D eigenvalue weighted by atomic mass is 9.92. The first-order chi connectivity index (χ1) is 9.28. The van der Waals surface area contributed by atoms with Crippen LogP contribution in [0.1, 0.15) is 22.9 Å². The maximum absolute atomic E-state index is 5.93. The second-order valence-corrected chi connectivity index (χ2v) is 6.18. The van der Waals surface area contributed by atoms with Crippen molar-refractivity contribution in [3.63, 3.8) is 0 Å². The second-order valence-electron chi connectivity index (χ2n) is 5.26. The van der Waals surface area contributed by atoms with E-state index in [0.29, 0.717) is 6.61 Å². The lowest BCUT2D eigenvalue weighted by molar-refractivity contribution is 0.0619. The van der Waals surface area contributed by atoms with Crippen LogP contribution in [-0.4, -0.2) is 13.2 Å².